The maximum absolute atomic E-state index is 13.3. The molecule has 0 saturated heterocycles. The number of hydrogen-bond acceptors (Lipinski definition) is 1. The van der Waals surface area contributed by atoms with E-state index >= 15 is 0 Å². The quantitative estimate of drug-likeness (QED) is 0.727. The lowest BCUT2D eigenvalue weighted by Crippen LogP contribution is -2.29. The summed E-state index contributed by atoms with van der Waals surface area (Å²) in [6.07, 6.45) is 2.97. The van der Waals surface area contributed by atoms with Crippen molar-refractivity contribution >= 4 is 33.4 Å². The van der Waals surface area contributed by atoms with Gasteiger partial charge in [0.15, 0.2) is 0 Å². The van der Waals surface area contributed by atoms with E-state index in [0.29, 0.717) is 28.4 Å². The molecule has 106 valence electrons. The third-order valence-electron chi connectivity index (χ3n) is 2.95. The van der Waals surface area contributed by atoms with Crippen molar-refractivity contribution < 1.29 is 9.18 Å². The second-order valence-electron chi connectivity index (χ2n) is 4.47. The number of carbonyl (C=O) groups excluding carboxylic acids is 1. The molecule has 1 aromatic rings. The van der Waals surface area contributed by atoms with Crippen LogP contribution in [-0.4, -0.2) is 18.3 Å². The van der Waals surface area contributed by atoms with Crippen LogP contribution in [0.4, 0.5) is 4.39 Å². The maximum atomic E-state index is 13.3. The number of carbonyl (C=O) groups is 1. The Kier molecular flexibility index (Phi) is 7.39. The first-order valence-corrected chi connectivity index (χ1v) is 7.70. The van der Waals surface area contributed by atoms with Gasteiger partial charge in [-0.05, 0) is 52.9 Å². The van der Waals surface area contributed by atoms with E-state index in [-0.39, 0.29) is 5.91 Å². The third kappa shape index (κ3) is 5.49. The summed E-state index contributed by atoms with van der Waals surface area (Å²) in [7, 11) is 0. The summed E-state index contributed by atoms with van der Waals surface area (Å²) in [4.78, 5) is 11.9. The van der Waals surface area contributed by atoms with Gasteiger partial charge in [0.05, 0.1) is 4.47 Å². The summed E-state index contributed by atoms with van der Waals surface area (Å²) < 4.78 is 13.7. The van der Waals surface area contributed by atoms with E-state index in [0.717, 1.165) is 19.3 Å². The fourth-order valence-electron chi connectivity index (χ4n) is 1.89. The SMILES string of the molecule is CCCC(CCCl)CNC(=O)c1ccc(Br)c(F)c1. The van der Waals surface area contributed by atoms with Crippen molar-refractivity contribution in [3.8, 4) is 0 Å². The second kappa shape index (κ2) is 8.54. The summed E-state index contributed by atoms with van der Waals surface area (Å²) in [5.74, 6) is 0.292. The highest BCUT2D eigenvalue weighted by Gasteiger charge is 2.12. The number of amides is 1. The minimum atomic E-state index is -0.432. The van der Waals surface area contributed by atoms with Gasteiger partial charge in [-0.3, -0.25) is 4.79 Å². The van der Waals surface area contributed by atoms with Crippen molar-refractivity contribution in [2.24, 2.45) is 5.92 Å². The molecule has 0 aliphatic carbocycles. The molecule has 0 heterocycles. The zero-order chi connectivity index (χ0) is 14.3. The lowest BCUT2D eigenvalue weighted by Gasteiger charge is -2.15. The zero-order valence-corrected chi connectivity index (χ0v) is 13.2. The van der Waals surface area contributed by atoms with E-state index in [1.54, 1.807) is 6.07 Å². The first-order valence-electron chi connectivity index (χ1n) is 6.37. The van der Waals surface area contributed by atoms with E-state index in [2.05, 4.69) is 28.2 Å². The molecule has 1 amide bonds. The standard InChI is InChI=1S/C14H18BrClFNO/c1-2-3-10(6-7-16)9-18-14(19)11-4-5-12(15)13(17)8-11/h4-5,8,10H,2-3,6-7,9H2,1H3,(H,18,19). The van der Waals surface area contributed by atoms with Crippen LogP contribution < -0.4 is 5.32 Å². The highest BCUT2D eigenvalue weighted by atomic mass is 79.9. The Balaban J connectivity index is 2.56. The van der Waals surface area contributed by atoms with Gasteiger partial charge >= 0.3 is 0 Å². The Morgan fingerprint density at radius 3 is 2.79 bits per heavy atom. The summed E-state index contributed by atoms with van der Waals surface area (Å²) in [5.41, 5.74) is 0.335. The molecule has 0 fully saturated rings. The van der Waals surface area contributed by atoms with Crippen LogP contribution in [0, 0.1) is 11.7 Å². The minimum Gasteiger partial charge on any atom is -0.352 e. The molecule has 0 saturated carbocycles. The third-order valence-corrected chi connectivity index (χ3v) is 3.81. The highest BCUT2D eigenvalue weighted by molar-refractivity contribution is 9.10. The average Bonchev–Trinajstić information content (AvgIpc) is 2.39. The van der Waals surface area contributed by atoms with Crippen LogP contribution >= 0.6 is 27.5 Å². The van der Waals surface area contributed by atoms with Crippen molar-refractivity contribution in [1.82, 2.24) is 5.32 Å². The topological polar surface area (TPSA) is 29.1 Å². The van der Waals surface area contributed by atoms with Crippen LogP contribution in [-0.2, 0) is 0 Å². The summed E-state index contributed by atoms with van der Waals surface area (Å²) in [5, 5.41) is 2.84. The van der Waals surface area contributed by atoms with Crippen molar-refractivity contribution in [3.05, 3.63) is 34.1 Å². The molecule has 0 spiro atoms. The lowest BCUT2D eigenvalue weighted by molar-refractivity contribution is 0.0945. The molecule has 5 heteroatoms. The van der Waals surface area contributed by atoms with Gasteiger partial charge in [0, 0.05) is 18.0 Å². The van der Waals surface area contributed by atoms with E-state index < -0.39 is 5.82 Å². The minimum absolute atomic E-state index is 0.248. The van der Waals surface area contributed by atoms with Gasteiger partial charge in [0.2, 0.25) is 0 Å². The number of benzene rings is 1. The lowest BCUT2D eigenvalue weighted by atomic mass is 10.0. The maximum Gasteiger partial charge on any atom is 0.251 e. The zero-order valence-electron chi connectivity index (χ0n) is 10.9. The molecule has 19 heavy (non-hydrogen) atoms. The summed E-state index contributed by atoms with van der Waals surface area (Å²) in [6.45, 7) is 2.68. The molecule has 1 atom stereocenters. The Hall–Kier alpha value is -0.610. The smallest absolute Gasteiger partial charge is 0.251 e. The van der Waals surface area contributed by atoms with Crippen LogP contribution in [0.3, 0.4) is 0 Å². The molecule has 1 N–H and O–H groups in total. The molecule has 1 aromatic carbocycles. The Labute approximate surface area is 126 Å². The van der Waals surface area contributed by atoms with Crippen molar-refractivity contribution in [2.75, 3.05) is 12.4 Å². The number of halogens is 3. The molecule has 1 unspecified atom stereocenters. The molecule has 0 aromatic heterocycles. The van der Waals surface area contributed by atoms with E-state index in [1.165, 1.54) is 12.1 Å². The second-order valence-corrected chi connectivity index (χ2v) is 5.70. The Morgan fingerprint density at radius 1 is 1.47 bits per heavy atom. The summed E-state index contributed by atoms with van der Waals surface area (Å²) >= 11 is 8.80. The van der Waals surface area contributed by atoms with Crippen LogP contribution in [0.2, 0.25) is 0 Å². The van der Waals surface area contributed by atoms with E-state index in [4.69, 9.17) is 11.6 Å². The largest absolute Gasteiger partial charge is 0.352 e. The van der Waals surface area contributed by atoms with Gasteiger partial charge in [-0.2, -0.15) is 0 Å². The average molecular weight is 351 g/mol. The molecule has 2 nitrogen and oxygen atoms in total. The fourth-order valence-corrected chi connectivity index (χ4v) is 2.44. The molecule has 0 radical (unpaired) electrons. The van der Waals surface area contributed by atoms with Gasteiger partial charge < -0.3 is 5.32 Å². The number of hydrogen-bond donors (Lipinski definition) is 1. The van der Waals surface area contributed by atoms with Crippen LogP contribution in [0.15, 0.2) is 22.7 Å². The number of alkyl halides is 1. The van der Waals surface area contributed by atoms with Gasteiger partial charge in [-0.15, -0.1) is 11.6 Å². The predicted molar refractivity (Wildman–Crippen MR) is 80.2 cm³/mol. The predicted octanol–water partition coefficient (Wildman–Crippen LogP) is 4.36. The van der Waals surface area contributed by atoms with Gasteiger partial charge in [0.25, 0.3) is 5.91 Å². The van der Waals surface area contributed by atoms with Crippen LogP contribution in [0.5, 0.6) is 0 Å². The van der Waals surface area contributed by atoms with E-state index in [1.807, 2.05) is 0 Å². The molecule has 0 bridgehead atoms. The first kappa shape index (κ1) is 16.4. The van der Waals surface area contributed by atoms with Crippen molar-refractivity contribution in [1.29, 1.82) is 0 Å². The van der Waals surface area contributed by atoms with Crippen molar-refractivity contribution in [2.45, 2.75) is 26.2 Å². The Bertz CT molecular complexity index is 422. The van der Waals surface area contributed by atoms with Crippen LogP contribution in [0.25, 0.3) is 0 Å². The van der Waals surface area contributed by atoms with E-state index in [9.17, 15) is 9.18 Å². The highest BCUT2D eigenvalue weighted by Crippen LogP contribution is 2.16. The molecule has 0 aliphatic heterocycles. The normalized spacial score (nSPS) is 12.2. The Morgan fingerprint density at radius 2 is 2.21 bits per heavy atom. The van der Waals surface area contributed by atoms with Crippen molar-refractivity contribution in [3.63, 3.8) is 0 Å². The van der Waals surface area contributed by atoms with Gasteiger partial charge in [0.1, 0.15) is 5.82 Å². The first-order chi connectivity index (χ1) is 9.08. The van der Waals surface area contributed by atoms with Gasteiger partial charge in [-0.1, -0.05) is 13.3 Å². The molecular weight excluding hydrogens is 333 g/mol. The molecule has 1 rings (SSSR count). The van der Waals surface area contributed by atoms with Gasteiger partial charge in [-0.25, -0.2) is 4.39 Å². The number of nitrogens with one attached hydrogen (secondary N) is 1. The molecule has 0 aliphatic rings. The monoisotopic (exact) mass is 349 g/mol. The fraction of sp³-hybridized carbons (Fsp3) is 0.500. The summed E-state index contributed by atoms with van der Waals surface area (Å²) in [6, 6.07) is 4.36. The van der Waals surface area contributed by atoms with Crippen LogP contribution in [0.1, 0.15) is 36.5 Å². The molecular formula is C14H18BrClFNO. The number of rotatable bonds is 7.